The van der Waals surface area contributed by atoms with Crippen molar-refractivity contribution in [2.24, 2.45) is 5.73 Å². The monoisotopic (exact) mass is 265 g/mol. The van der Waals surface area contributed by atoms with Gasteiger partial charge < -0.3 is 5.73 Å². The SMILES string of the molecule is CS(=O)(=O)Nc1nc2ccccc2cc1C(N)=O. The fourth-order valence-corrected chi connectivity index (χ4v) is 2.06. The highest BCUT2D eigenvalue weighted by atomic mass is 32.2. The summed E-state index contributed by atoms with van der Waals surface area (Å²) in [6.45, 7) is 0. The number of nitrogens with zero attached hydrogens (tertiary/aromatic N) is 1. The molecule has 1 aromatic heterocycles. The van der Waals surface area contributed by atoms with E-state index < -0.39 is 15.9 Å². The van der Waals surface area contributed by atoms with Gasteiger partial charge in [0.25, 0.3) is 5.91 Å². The summed E-state index contributed by atoms with van der Waals surface area (Å²) in [7, 11) is -3.52. The van der Waals surface area contributed by atoms with Crippen molar-refractivity contribution in [2.75, 3.05) is 11.0 Å². The first-order chi connectivity index (χ1) is 8.37. The van der Waals surface area contributed by atoms with Gasteiger partial charge in [0.05, 0.1) is 17.3 Å². The summed E-state index contributed by atoms with van der Waals surface area (Å²) in [5, 5.41) is 0.713. The van der Waals surface area contributed by atoms with E-state index in [2.05, 4.69) is 9.71 Å². The maximum Gasteiger partial charge on any atom is 0.252 e. The number of fused-ring (bicyclic) bond motifs is 1. The number of carbonyl (C=O) groups is 1. The Morgan fingerprint density at radius 1 is 1.33 bits per heavy atom. The Morgan fingerprint density at radius 3 is 2.61 bits per heavy atom. The van der Waals surface area contributed by atoms with Crippen molar-refractivity contribution in [3.8, 4) is 0 Å². The van der Waals surface area contributed by atoms with E-state index in [0.717, 1.165) is 6.26 Å². The number of hydrogen-bond donors (Lipinski definition) is 2. The molecule has 18 heavy (non-hydrogen) atoms. The van der Waals surface area contributed by atoms with Gasteiger partial charge in [0.2, 0.25) is 10.0 Å². The topological polar surface area (TPSA) is 102 Å². The largest absolute Gasteiger partial charge is 0.365 e. The fraction of sp³-hybridized carbons (Fsp3) is 0.0909. The Labute approximate surface area is 104 Å². The second-order valence-corrected chi connectivity index (χ2v) is 5.56. The molecule has 2 aromatic rings. The van der Waals surface area contributed by atoms with E-state index in [-0.39, 0.29) is 11.4 Å². The van der Waals surface area contributed by atoms with E-state index in [1.807, 2.05) is 0 Å². The maximum absolute atomic E-state index is 11.3. The number of nitrogens with one attached hydrogen (secondary N) is 1. The summed E-state index contributed by atoms with van der Waals surface area (Å²) in [6, 6.07) is 8.55. The number of pyridine rings is 1. The number of benzene rings is 1. The number of rotatable bonds is 3. The van der Waals surface area contributed by atoms with Crippen molar-refractivity contribution in [1.29, 1.82) is 0 Å². The van der Waals surface area contributed by atoms with Gasteiger partial charge in [0, 0.05) is 5.39 Å². The average Bonchev–Trinajstić information content (AvgIpc) is 2.25. The number of para-hydroxylation sites is 1. The zero-order valence-corrected chi connectivity index (χ0v) is 10.4. The molecule has 7 heteroatoms. The zero-order valence-electron chi connectivity index (χ0n) is 9.54. The van der Waals surface area contributed by atoms with Gasteiger partial charge in [0.1, 0.15) is 0 Å². The van der Waals surface area contributed by atoms with Gasteiger partial charge in [-0.1, -0.05) is 18.2 Å². The van der Waals surface area contributed by atoms with Gasteiger partial charge in [-0.25, -0.2) is 13.4 Å². The predicted molar refractivity (Wildman–Crippen MR) is 68.7 cm³/mol. The number of hydrogen-bond acceptors (Lipinski definition) is 4. The van der Waals surface area contributed by atoms with Crippen molar-refractivity contribution in [2.45, 2.75) is 0 Å². The molecule has 0 saturated carbocycles. The Kier molecular flexibility index (Phi) is 2.92. The Bertz CT molecular complexity index is 725. The molecule has 0 unspecified atom stereocenters. The molecule has 3 N–H and O–H groups in total. The van der Waals surface area contributed by atoms with Crippen LogP contribution in [0.1, 0.15) is 10.4 Å². The van der Waals surface area contributed by atoms with Crippen molar-refractivity contribution in [3.63, 3.8) is 0 Å². The van der Waals surface area contributed by atoms with Gasteiger partial charge in [-0.05, 0) is 12.1 Å². The molecular formula is C11H11N3O3S. The van der Waals surface area contributed by atoms with E-state index in [4.69, 9.17) is 5.73 Å². The summed E-state index contributed by atoms with van der Waals surface area (Å²) in [5.41, 5.74) is 5.83. The number of aromatic nitrogens is 1. The Hall–Kier alpha value is -2.15. The van der Waals surface area contributed by atoms with Crippen LogP contribution in [-0.4, -0.2) is 25.6 Å². The number of sulfonamides is 1. The van der Waals surface area contributed by atoms with E-state index >= 15 is 0 Å². The normalized spacial score (nSPS) is 11.4. The van der Waals surface area contributed by atoms with Crippen molar-refractivity contribution >= 4 is 32.7 Å². The zero-order chi connectivity index (χ0) is 13.3. The van der Waals surface area contributed by atoms with Crippen LogP contribution in [0.15, 0.2) is 30.3 Å². The molecule has 0 saturated heterocycles. The van der Waals surface area contributed by atoms with Gasteiger partial charge in [-0.3, -0.25) is 9.52 Å². The highest BCUT2D eigenvalue weighted by Crippen LogP contribution is 2.20. The van der Waals surface area contributed by atoms with Crippen LogP contribution < -0.4 is 10.5 Å². The molecule has 94 valence electrons. The summed E-state index contributed by atoms with van der Waals surface area (Å²) in [4.78, 5) is 15.4. The lowest BCUT2D eigenvalue weighted by atomic mass is 10.1. The quantitative estimate of drug-likeness (QED) is 0.852. The van der Waals surface area contributed by atoms with E-state index in [1.165, 1.54) is 6.07 Å². The van der Waals surface area contributed by atoms with Gasteiger partial charge >= 0.3 is 0 Å². The van der Waals surface area contributed by atoms with E-state index in [9.17, 15) is 13.2 Å². The molecule has 0 spiro atoms. The van der Waals surface area contributed by atoms with Crippen molar-refractivity contribution < 1.29 is 13.2 Å². The highest BCUT2D eigenvalue weighted by molar-refractivity contribution is 7.92. The molecule has 0 radical (unpaired) electrons. The van der Waals surface area contributed by atoms with Crippen LogP contribution in [0.3, 0.4) is 0 Å². The van der Waals surface area contributed by atoms with Gasteiger partial charge in [-0.2, -0.15) is 0 Å². The molecule has 2 rings (SSSR count). The molecule has 6 nitrogen and oxygen atoms in total. The minimum Gasteiger partial charge on any atom is -0.365 e. The minimum atomic E-state index is -3.52. The summed E-state index contributed by atoms with van der Waals surface area (Å²) in [6.07, 6.45) is 0.981. The molecular weight excluding hydrogens is 254 g/mol. The number of carbonyl (C=O) groups excluding carboxylic acids is 1. The third-order valence-corrected chi connectivity index (χ3v) is 2.84. The first-order valence-electron chi connectivity index (χ1n) is 5.04. The molecule has 1 aromatic carbocycles. The summed E-state index contributed by atoms with van der Waals surface area (Å²) >= 11 is 0. The predicted octanol–water partition coefficient (Wildman–Crippen LogP) is 0.705. The van der Waals surface area contributed by atoms with Crippen LogP contribution >= 0.6 is 0 Å². The number of primary amides is 1. The lowest BCUT2D eigenvalue weighted by Gasteiger charge is -2.08. The third kappa shape index (κ3) is 2.57. The fourth-order valence-electron chi connectivity index (χ4n) is 1.56. The van der Waals surface area contributed by atoms with Crippen LogP contribution in [0.25, 0.3) is 10.9 Å². The van der Waals surface area contributed by atoms with E-state index in [1.54, 1.807) is 24.3 Å². The molecule has 0 bridgehead atoms. The summed E-state index contributed by atoms with van der Waals surface area (Å²) in [5.74, 6) is -0.789. The molecule has 0 aliphatic heterocycles. The molecule has 0 aliphatic carbocycles. The third-order valence-electron chi connectivity index (χ3n) is 2.27. The van der Waals surface area contributed by atoms with Crippen LogP contribution in [0, 0.1) is 0 Å². The summed E-state index contributed by atoms with van der Waals surface area (Å²) < 4.78 is 24.6. The second-order valence-electron chi connectivity index (χ2n) is 3.82. The van der Waals surface area contributed by atoms with Crippen LogP contribution in [-0.2, 0) is 10.0 Å². The maximum atomic E-state index is 11.3. The van der Waals surface area contributed by atoms with Crippen LogP contribution in [0.5, 0.6) is 0 Å². The molecule has 1 amide bonds. The molecule has 0 fully saturated rings. The van der Waals surface area contributed by atoms with Crippen LogP contribution in [0.2, 0.25) is 0 Å². The van der Waals surface area contributed by atoms with Crippen molar-refractivity contribution in [1.82, 2.24) is 4.98 Å². The lowest BCUT2D eigenvalue weighted by Crippen LogP contribution is -2.18. The Balaban J connectivity index is 2.69. The minimum absolute atomic E-state index is 0.0409. The van der Waals surface area contributed by atoms with Gasteiger partial charge in [-0.15, -0.1) is 0 Å². The van der Waals surface area contributed by atoms with Gasteiger partial charge in [0.15, 0.2) is 5.82 Å². The first kappa shape index (κ1) is 12.3. The lowest BCUT2D eigenvalue weighted by molar-refractivity contribution is 0.100. The smallest absolute Gasteiger partial charge is 0.252 e. The standard InChI is InChI=1S/C11H11N3O3S/c1-18(16,17)14-11-8(10(12)15)6-7-4-2-3-5-9(7)13-11/h2-6H,1H3,(H2,12,15)(H,13,14). The number of anilines is 1. The highest BCUT2D eigenvalue weighted by Gasteiger charge is 2.14. The number of amides is 1. The first-order valence-corrected chi connectivity index (χ1v) is 6.93. The Morgan fingerprint density at radius 2 is 2.00 bits per heavy atom. The number of nitrogens with two attached hydrogens (primary N) is 1. The van der Waals surface area contributed by atoms with Crippen molar-refractivity contribution in [3.05, 3.63) is 35.9 Å². The molecule has 0 aliphatic rings. The average molecular weight is 265 g/mol. The second kappa shape index (κ2) is 4.26. The molecule has 0 atom stereocenters. The van der Waals surface area contributed by atoms with E-state index in [0.29, 0.717) is 10.9 Å². The molecule has 1 heterocycles. The van der Waals surface area contributed by atoms with Crippen LogP contribution in [0.4, 0.5) is 5.82 Å².